The molecule has 0 saturated heterocycles. The predicted octanol–water partition coefficient (Wildman–Crippen LogP) is 26.0. The maximum Gasteiger partial charge on any atom is 0.0641 e. The zero-order valence-corrected chi connectivity index (χ0v) is 58.6. The van der Waals surface area contributed by atoms with Crippen LogP contribution < -0.4 is 9.80 Å². The summed E-state index contributed by atoms with van der Waals surface area (Å²) >= 11 is 0. The predicted molar refractivity (Wildman–Crippen MR) is 408 cm³/mol. The van der Waals surface area contributed by atoms with E-state index in [4.69, 9.17) is 0 Å². The maximum atomic E-state index is 2.59. The van der Waals surface area contributed by atoms with Gasteiger partial charge in [-0.3, -0.25) is 0 Å². The molecule has 0 aliphatic heterocycles. The number of anilines is 6. The van der Waals surface area contributed by atoms with Crippen molar-refractivity contribution in [3.8, 4) is 22.3 Å². The van der Waals surface area contributed by atoms with Crippen LogP contribution in [0.25, 0.3) is 98.4 Å². The van der Waals surface area contributed by atoms with E-state index in [1.54, 1.807) is 0 Å². The molecule has 0 N–H and O–H groups in total. The van der Waals surface area contributed by atoms with Gasteiger partial charge in [0.25, 0.3) is 0 Å². The fraction of sp³-hybridized carbons (Fsp3) is 0.267. The van der Waals surface area contributed by atoms with Gasteiger partial charge in [-0.15, -0.1) is 0 Å². The Kier molecular flexibility index (Phi) is 13.6. The van der Waals surface area contributed by atoms with E-state index >= 15 is 0 Å². The summed E-state index contributed by atoms with van der Waals surface area (Å²) in [4.78, 5) is 5.16. The normalized spacial score (nSPS) is 13.2. The molecular weight excluding hydrogens is 1140 g/mol. The van der Waals surface area contributed by atoms with Crippen LogP contribution in [0.15, 0.2) is 218 Å². The Morgan fingerprint density at radius 3 is 0.904 bits per heavy atom. The van der Waals surface area contributed by atoms with Crippen molar-refractivity contribution in [2.45, 2.75) is 157 Å². The smallest absolute Gasteiger partial charge is 0.0641 e. The third-order valence-electron chi connectivity index (χ3n) is 20.5. The number of benzene rings is 11. The van der Waals surface area contributed by atoms with Gasteiger partial charge in [0.1, 0.15) is 0 Å². The summed E-state index contributed by atoms with van der Waals surface area (Å²) < 4.78 is 5.19. The molecule has 11 aromatic carbocycles. The number of aromatic nitrogens is 2. The summed E-state index contributed by atoms with van der Waals surface area (Å²) in [6.45, 7) is 41.7. The van der Waals surface area contributed by atoms with Crippen molar-refractivity contribution in [2.24, 2.45) is 0 Å². The van der Waals surface area contributed by atoms with Gasteiger partial charge in [-0.05, 0) is 162 Å². The van der Waals surface area contributed by atoms with Crippen LogP contribution in [0, 0.1) is 0 Å². The highest BCUT2D eigenvalue weighted by atomic mass is 15.2. The maximum absolute atomic E-state index is 2.59. The van der Waals surface area contributed by atoms with Crippen molar-refractivity contribution in [3.05, 3.63) is 252 Å². The molecule has 0 amide bonds. The molecular formula is C90H90N4. The third-order valence-corrected chi connectivity index (χ3v) is 20.5. The van der Waals surface area contributed by atoms with Crippen molar-refractivity contribution in [3.63, 3.8) is 0 Å². The van der Waals surface area contributed by atoms with E-state index in [1.807, 2.05) is 0 Å². The Morgan fingerprint density at radius 2 is 0.553 bits per heavy atom. The molecule has 0 unspecified atom stereocenters. The van der Waals surface area contributed by atoms with Gasteiger partial charge in [0, 0.05) is 65.6 Å². The molecule has 0 saturated carbocycles. The minimum atomic E-state index is -0.0704. The Balaban J connectivity index is 0.999. The van der Waals surface area contributed by atoms with Crippen molar-refractivity contribution < 1.29 is 0 Å². The van der Waals surface area contributed by atoms with Gasteiger partial charge in [-0.1, -0.05) is 258 Å². The molecule has 0 aliphatic carbocycles. The molecule has 4 heteroatoms. The van der Waals surface area contributed by atoms with Crippen molar-refractivity contribution in [1.29, 1.82) is 0 Å². The molecule has 15 aromatic rings. The van der Waals surface area contributed by atoms with E-state index in [1.165, 1.54) is 132 Å². The number of hydrogen-bond acceptors (Lipinski definition) is 2. The zero-order chi connectivity index (χ0) is 66.1. The lowest BCUT2D eigenvalue weighted by Gasteiger charge is -2.31. The first-order chi connectivity index (χ1) is 44.4. The Hall–Kier alpha value is -9.38. The zero-order valence-electron chi connectivity index (χ0n) is 58.6. The average Bonchev–Trinajstić information content (AvgIpc) is 1.51. The van der Waals surface area contributed by atoms with Gasteiger partial charge in [0.2, 0.25) is 0 Å². The van der Waals surface area contributed by atoms with Crippen LogP contribution in [0.2, 0.25) is 0 Å². The van der Waals surface area contributed by atoms with Crippen LogP contribution in [0.1, 0.15) is 158 Å². The summed E-state index contributed by atoms with van der Waals surface area (Å²) in [5, 5.41) is 9.93. The lowest BCUT2D eigenvalue weighted by Crippen LogP contribution is -2.16. The quantitative estimate of drug-likeness (QED) is 0.151. The van der Waals surface area contributed by atoms with Crippen molar-refractivity contribution in [2.75, 3.05) is 9.80 Å². The van der Waals surface area contributed by atoms with E-state index in [0.717, 1.165) is 34.1 Å². The van der Waals surface area contributed by atoms with Crippen LogP contribution in [0.5, 0.6) is 0 Å². The highest BCUT2D eigenvalue weighted by Crippen LogP contribution is 2.54. The van der Waals surface area contributed by atoms with E-state index in [-0.39, 0.29) is 32.5 Å². The van der Waals surface area contributed by atoms with E-state index in [2.05, 4.69) is 362 Å². The highest BCUT2D eigenvalue weighted by Gasteiger charge is 2.32. The van der Waals surface area contributed by atoms with Crippen LogP contribution in [-0.4, -0.2) is 8.80 Å². The Bertz CT molecular complexity index is 5130. The van der Waals surface area contributed by atoms with Gasteiger partial charge in [-0.2, -0.15) is 0 Å². The Morgan fingerprint density at radius 1 is 0.234 bits per heavy atom. The second-order valence-corrected chi connectivity index (χ2v) is 33.2. The van der Waals surface area contributed by atoms with Gasteiger partial charge >= 0.3 is 0 Å². The molecule has 0 bridgehead atoms. The van der Waals surface area contributed by atoms with E-state index in [0.29, 0.717) is 0 Å². The lowest BCUT2D eigenvalue weighted by atomic mass is 9.83. The van der Waals surface area contributed by atoms with E-state index < -0.39 is 0 Å². The van der Waals surface area contributed by atoms with Gasteiger partial charge in [0.05, 0.1) is 55.8 Å². The molecule has 0 aliphatic rings. The monoisotopic (exact) mass is 1230 g/mol. The molecule has 470 valence electrons. The second kappa shape index (κ2) is 21.1. The average molecular weight is 1230 g/mol. The molecule has 0 fully saturated rings. The number of rotatable bonds is 8. The molecule has 4 heterocycles. The summed E-state index contributed by atoms with van der Waals surface area (Å²) in [5.41, 5.74) is 26.7. The second-order valence-electron chi connectivity index (χ2n) is 33.2. The van der Waals surface area contributed by atoms with Gasteiger partial charge < -0.3 is 18.6 Å². The minimum Gasteiger partial charge on any atom is -0.309 e. The van der Waals surface area contributed by atoms with Gasteiger partial charge in [0.15, 0.2) is 0 Å². The molecule has 94 heavy (non-hydrogen) atoms. The highest BCUT2D eigenvalue weighted by molar-refractivity contribution is 6.32. The number of nitrogens with zero attached hydrogens (tertiary/aromatic N) is 4. The van der Waals surface area contributed by atoms with Crippen molar-refractivity contribution >= 4 is 110 Å². The SMILES string of the molecule is CC(C)(C)c1ccc(-c2cc(C(C)(C)C)ccc2N(c2cccc(C(C)(C)C)c2)c2ccc3c4cc5c(cc4n4c6ccccc6c2c34)c2ccc(N(c3cccc(C(C)(C)C)c3)c3ccc(C(C)(C)C)cc3-c3ccc(C(C)(C)C)cc3)c3c4ccccc4n5c23)cc1. The first-order valence-corrected chi connectivity index (χ1v) is 34.1. The molecule has 0 radical (unpaired) electrons. The number of fused-ring (bicyclic) bond motifs is 12. The summed E-state index contributed by atoms with van der Waals surface area (Å²) in [7, 11) is 0. The van der Waals surface area contributed by atoms with Crippen LogP contribution >= 0.6 is 0 Å². The molecule has 4 aromatic heterocycles. The summed E-state index contributed by atoms with van der Waals surface area (Å²) in [6, 6.07) is 84.8. The fourth-order valence-electron chi connectivity index (χ4n) is 15.0. The topological polar surface area (TPSA) is 15.3 Å². The van der Waals surface area contributed by atoms with Crippen LogP contribution in [0.3, 0.4) is 0 Å². The molecule has 15 rings (SSSR count). The minimum absolute atomic E-state index is 0.0288. The first kappa shape index (κ1) is 60.8. The first-order valence-electron chi connectivity index (χ1n) is 34.1. The Labute approximate surface area is 556 Å². The van der Waals surface area contributed by atoms with E-state index in [9.17, 15) is 0 Å². The summed E-state index contributed by atoms with van der Waals surface area (Å²) in [6.07, 6.45) is 0. The molecule has 4 nitrogen and oxygen atoms in total. The third kappa shape index (κ3) is 9.83. The van der Waals surface area contributed by atoms with Gasteiger partial charge in [-0.25, -0.2) is 0 Å². The largest absolute Gasteiger partial charge is 0.309 e. The summed E-state index contributed by atoms with van der Waals surface area (Å²) in [5.74, 6) is 0. The molecule has 0 spiro atoms. The fourth-order valence-corrected chi connectivity index (χ4v) is 15.0. The molecule has 0 atom stereocenters. The number of para-hydroxylation sites is 2. The van der Waals surface area contributed by atoms with Crippen LogP contribution in [0.4, 0.5) is 34.1 Å². The number of hydrogen-bond donors (Lipinski definition) is 0. The van der Waals surface area contributed by atoms with Crippen molar-refractivity contribution in [1.82, 2.24) is 8.80 Å². The standard InChI is InChI=1S/C90H90N4/c1-85(2,3)57-37-33-55(34-38-57)69-51-61(89(13,14)15)41-45-75(69)91(63-27-23-25-59(49-63)87(7,8)9)77-47-43-65-71-53-80-72(54-79(71)93-73-31-21-19-29-67(73)81(77)83(65)93)66-44-48-78(82-68-30-20-22-32-74(68)94(80)84(66)82)92(64-28-24-26-60(50-64)88(10,11)12)76-46-42-62(90(16,17)18)52-70(76)56-35-39-58(40-36-56)86(4,5)6/h19-54H,1-18H3. The van der Waals surface area contributed by atoms with Crippen LogP contribution in [-0.2, 0) is 32.5 Å². The lowest BCUT2D eigenvalue weighted by molar-refractivity contribution is 0.589.